The smallest absolute Gasteiger partial charge is 0.338 e. The molecule has 0 aliphatic carbocycles. The van der Waals surface area contributed by atoms with Crippen LogP contribution >= 0.6 is 0 Å². The van der Waals surface area contributed by atoms with Crippen LogP contribution in [0.1, 0.15) is 36.2 Å². The molecule has 0 aliphatic heterocycles. The molecule has 0 heterocycles. The number of anilines is 1. The fourth-order valence-electron chi connectivity index (χ4n) is 1.41. The Morgan fingerprint density at radius 1 is 1.50 bits per heavy atom. The van der Waals surface area contributed by atoms with Crippen LogP contribution in [0, 0.1) is 23.7 Å². The Kier molecular flexibility index (Phi) is 4.33. The standard InChI is InChI=1S/C14H18N2O2/c1-10-11(5-4-6-12(10)16)13(17)18-8-7-14(2,3)9-15/h4-6H,7-8,16H2,1-3H3. The van der Waals surface area contributed by atoms with E-state index >= 15 is 0 Å². The summed E-state index contributed by atoms with van der Waals surface area (Å²) in [5, 5.41) is 8.85. The summed E-state index contributed by atoms with van der Waals surface area (Å²) in [5.74, 6) is -0.395. The summed E-state index contributed by atoms with van der Waals surface area (Å²) in [6, 6.07) is 7.31. The summed E-state index contributed by atoms with van der Waals surface area (Å²) < 4.78 is 5.16. The van der Waals surface area contributed by atoms with Crippen LogP contribution in [0.3, 0.4) is 0 Å². The van der Waals surface area contributed by atoms with Crippen molar-refractivity contribution in [3.63, 3.8) is 0 Å². The minimum Gasteiger partial charge on any atom is -0.462 e. The van der Waals surface area contributed by atoms with Gasteiger partial charge in [-0.05, 0) is 44.9 Å². The van der Waals surface area contributed by atoms with Crippen LogP contribution in [0.4, 0.5) is 5.69 Å². The quantitative estimate of drug-likeness (QED) is 0.654. The molecule has 0 saturated heterocycles. The molecule has 0 bridgehead atoms. The van der Waals surface area contributed by atoms with Crippen LogP contribution in [0.15, 0.2) is 18.2 Å². The Morgan fingerprint density at radius 2 is 2.17 bits per heavy atom. The normalized spacial score (nSPS) is 10.8. The summed E-state index contributed by atoms with van der Waals surface area (Å²) in [6.45, 7) is 5.64. The highest BCUT2D eigenvalue weighted by Gasteiger charge is 2.18. The number of benzene rings is 1. The van der Waals surface area contributed by atoms with Crippen molar-refractivity contribution in [2.45, 2.75) is 27.2 Å². The lowest BCUT2D eigenvalue weighted by atomic mass is 9.92. The molecule has 0 saturated carbocycles. The number of esters is 1. The van der Waals surface area contributed by atoms with Gasteiger partial charge in [0.15, 0.2) is 0 Å². The van der Waals surface area contributed by atoms with Crippen LogP contribution in [0.2, 0.25) is 0 Å². The van der Waals surface area contributed by atoms with Crippen LogP contribution in [0.5, 0.6) is 0 Å². The van der Waals surface area contributed by atoms with E-state index in [4.69, 9.17) is 15.7 Å². The Bertz CT molecular complexity index is 487. The van der Waals surface area contributed by atoms with Gasteiger partial charge in [-0.25, -0.2) is 4.79 Å². The zero-order valence-corrected chi connectivity index (χ0v) is 11.0. The van der Waals surface area contributed by atoms with Gasteiger partial charge >= 0.3 is 5.97 Å². The van der Waals surface area contributed by atoms with E-state index in [0.717, 1.165) is 5.56 Å². The van der Waals surface area contributed by atoms with E-state index < -0.39 is 11.4 Å². The van der Waals surface area contributed by atoms with Gasteiger partial charge in [0.1, 0.15) is 0 Å². The minimum atomic E-state index is -0.481. The molecule has 4 heteroatoms. The second-order valence-corrected chi connectivity index (χ2v) is 4.90. The van der Waals surface area contributed by atoms with E-state index in [1.807, 2.05) is 13.8 Å². The molecule has 1 aromatic carbocycles. The van der Waals surface area contributed by atoms with Crippen LogP contribution in [-0.2, 0) is 4.74 Å². The van der Waals surface area contributed by atoms with E-state index in [1.165, 1.54) is 0 Å². The fourth-order valence-corrected chi connectivity index (χ4v) is 1.41. The van der Waals surface area contributed by atoms with Gasteiger partial charge in [-0.1, -0.05) is 6.07 Å². The molecule has 4 nitrogen and oxygen atoms in total. The summed E-state index contributed by atoms with van der Waals surface area (Å²) in [4.78, 5) is 11.8. The number of carbonyl (C=O) groups is 1. The predicted octanol–water partition coefficient (Wildman–Crippen LogP) is 2.67. The predicted molar refractivity (Wildman–Crippen MR) is 69.9 cm³/mol. The maximum atomic E-state index is 11.8. The van der Waals surface area contributed by atoms with Crippen LogP contribution in [0.25, 0.3) is 0 Å². The SMILES string of the molecule is Cc1c(N)cccc1C(=O)OCCC(C)(C)C#N. The number of ether oxygens (including phenoxy) is 1. The van der Waals surface area contributed by atoms with E-state index in [1.54, 1.807) is 25.1 Å². The lowest BCUT2D eigenvalue weighted by Crippen LogP contribution is -2.15. The van der Waals surface area contributed by atoms with Crippen LogP contribution in [-0.4, -0.2) is 12.6 Å². The van der Waals surface area contributed by atoms with Crippen molar-refractivity contribution < 1.29 is 9.53 Å². The highest BCUT2D eigenvalue weighted by atomic mass is 16.5. The molecule has 0 aliphatic rings. The zero-order chi connectivity index (χ0) is 13.8. The third kappa shape index (κ3) is 3.49. The lowest BCUT2D eigenvalue weighted by molar-refractivity contribution is 0.0474. The van der Waals surface area contributed by atoms with Crippen LogP contribution < -0.4 is 5.73 Å². The van der Waals surface area contributed by atoms with Gasteiger partial charge in [0, 0.05) is 5.69 Å². The molecule has 0 aromatic heterocycles. The van der Waals surface area contributed by atoms with Gasteiger partial charge in [0.05, 0.1) is 23.7 Å². The number of carbonyl (C=O) groups excluding carboxylic acids is 1. The first-order chi connectivity index (χ1) is 8.37. The van der Waals surface area contributed by atoms with Crippen molar-refractivity contribution >= 4 is 11.7 Å². The Labute approximate surface area is 107 Å². The molecule has 0 unspecified atom stereocenters. The van der Waals surface area contributed by atoms with Crippen molar-refractivity contribution in [2.24, 2.45) is 5.41 Å². The topological polar surface area (TPSA) is 76.1 Å². The van der Waals surface area contributed by atoms with Crippen molar-refractivity contribution in [3.05, 3.63) is 29.3 Å². The number of nitrogens with two attached hydrogens (primary N) is 1. The molecule has 96 valence electrons. The monoisotopic (exact) mass is 246 g/mol. The van der Waals surface area contributed by atoms with Gasteiger partial charge in [0.25, 0.3) is 0 Å². The maximum absolute atomic E-state index is 11.8. The molecular formula is C14H18N2O2. The molecular weight excluding hydrogens is 228 g/mol. The number of nitrogens with zero attached hydrogens (tertiary/aromatic N) is 1. The highest BCUT2D eigenvalue weighted by molar-refractivity contribution is 5.92. The maximum Gasteiger partial charge on any atom is 0.338 e. The van der Waals surface area contributed by atoms with Gasteiger partial charge in [-0.3, -0.25) is 0 Å². The van der Waals surface area contributed by atoms with Gasteiger partial charge in [-0.2, -0.15) is 5.26 Å². The van der Waals surface area contributed by atoms with E-state index in [0.29, 0.717) is 17.7 Å². The largest absolute Gasteiger partial charge is 0.462 e. The van der Waals surface area contributed by atoms with Gasteiger partial charge in [-0.15, -0.1) is 0 Å². The fraction of sp³-hybridized carbons (Fsp3) is 0.429. The molecule has 0 fully saturated rings. The number of hydrogen-bond donors (Lipinski definition) is 1. The second kappa shape index (κ2) is 5.54. The minimum absolute atomic E-state index is 0.230. The Hall–Kier alpha value is -2.02. The first kappa shape index (κ1) is 14.0. The molecule has 0 radical (unpaired) electrons. The molecule has 1 aromatic rings. The van der Waals surface area contributed by atoms with E-state index in [2.05, 4.69) is 6.07 Å². The van der Waals surface area contributed by atoms with E-state index in [-0.39, 0.29) is 6.61 Å². The number of nitriles is 1. The van der Waals surface area contributed by atoms with Crippen molar-refractivity contribution in [1.29, 1.82) is 5.26 Å². The van der Waals surface area contributed by atoms with Crippen molar-refractivity contribution in [2.75, 3.05) is 12.3 Å². The highest BCUT2D eigenvalue weighted by Crippen LogP contribution is 2.20. The third-order valence-electron chi connectivity index (χ3n) is 2.86. The van der Waals surface area contributed by atoms with Gasteiger partial charge < -0.3 is 10.5 Å². The average molecular weight is 246 g/mol. The molecule has 1 rings (SSSR count). The van der Waals surface area contributed by atoms with E-state index in [9.17, 15) is 4.79 Å². The zero-order valence-electron chi connectivity index (χ0n) is 11.0. The summed E-state index contributed by atoms with van der Waals surface area (Å²) in [6.07, 6.45) is 0.511. The molecule has 0 atom stereocenters. The lowest BCUT2D eigenvalue weighted by Gasteiger charge is -2.15. The first-order valence-corrected chi connectivity index (χ1v) is 5.81. The number of nitrogen functional groups attached to an aromatic ring is 1. The molecule has 18 heavy (non-hydrogen) atoms. The number of rotatable bonds is 4. The summed E-state index contributed by atoms with van der Waals surface area (Å²) in [5.41, 5.74) is 7.02. The number of hydrogen-bond acceptors (Lipinski definition) is 4. The van der Waals surface area contributed by atoms with Crippen molar-refractivity contribution in [3.8, 4) is 6.07 Å². The van der Waals surface area contributed by atoms with Crippen molar-refractivity contribution in [1.82, 2.24) is 0 Å². The molecule has 0 spiro atoms. The first-order valence-electron chi connectivity index (χ1n) is 5.81. The summed E-state index contributed by atoms with van der Waals surface area (Å²) >= 11 is 0. The summed E-state index contributed by atoms with van der Waals surface area (Å²) in [7, 11) is 0. The Balaban J connectivity index is 2.62. The average Bonchev–Trinajstić information content (AvgIpc) is 2.32. The van der Waals surface area contributed by atoms with Gasteiger partial charge in [0.2, 0.25) is 0 Å². The molecule has 2 N–H and O–H groups in total. The Morgan fingerprint density at radius 3 is 2.78 bits per heavy atom. The second-order valence-electron chi connectivity index (χ2n) is 4.90. The molecule has 0 amide bonds. The third-order valence-corrected chi connectivity index (χ3v) is 2.86.